The second-order valence-electron chi connectivity index (χ2n) is 5.14. The number of carbonyl (C=O) groups excluding carboxylic acids is 1. The molecular weight excluding hydrogens is 290 g/mol. The van der Waals surface area contributed by atoms with Crippen LogP contribution in [0.3, 0.4) is 0 Å². The summed E-state index contributed by atoms with van der Waals surface area (Å²) in [6.07, 6.45) is 2.80. The molecule has 1 aliphatic carbocycles. The fraction of sp³-hybridized carbons (Fsp3) is 0.538. The molecule has 0 aromatic carbocycles. The average molecular weight is 307 g/mol. The van der Waals surface area contributed by atoms with Gasteiger partial charge in [-0.3, -0.25) is 4.79 Å². The van der Waals surface area contributed by atoms with E-state index in [0.717, 1.165) is 11.0 Å². The molecule has 1 fully saturated rings. The fourth-order valence-electron chi connectivity index (χ4n) is 2.01. The van der Waals surface area contributed by atoms with Crippen molar-refractivity contribution in [2.45, 2.75) is 37.3 Å². The summed E-state index contributed by atoms with van der Waals surface area (Å²) < 4.78 is 6.92. The molecule has 0 unspecified atom stereocenters. The van der Waals surface area contributed by atoms with Crippen LogP contribution in [-0.4, -0.2) is 31.6 Å². The zero-order valence-electron chi connectivity index (χ0n) is 12.0. The van der Waals surface area contributed by atoms with Crippen LogP contribution in [0.4, 0.5) is 5.82 Å². The molecule has 1 aliphatic rings. The maximum absolute atomic E-state index is 11.8. The number of amides is 1. The third-order valence-electron chi connectivity index (χ3n) is 3.27. The Bertz CT molecular complexity index is 647. The summed E-state index contributed by atoms with van der Waals surface area (Å²) in [5, 5.41) is 15.7. The van der Waals surface area contributed by atoms with Crippen LogP contribution in [0.25, 0.3) is 0 Å². The van der Waals surface area contributed by atoms with Crippen LogP contribution in [0.15, 0.2) is 15.7 Å². The van der Waals surface area contributed by atoms with Crippen molar-refractivity contribution in [1.82, 2.24) is 19.9 Å². The van der Waals surface area contributed by atoms with Gasteiger partial charge < -0.3 is 14.4 Å². The summed E-state index contributed by atoms with van der Waals surface area (Å²) in [6.45, 7) is 1.78. The van der Waals surface area contributed by atoms with Gasteiger partial charge in [0.1, 0.15) is 11.6 Å². The number of nitrogens with zero attached hydrogens (tertiary/aromatic N) is 4. The van der Waals surface area contributed by atoms with Crippen molar-refractivity contribution in [3.05, 3.63) is 17.7 Å². The lowest BCUT2D eigenvalue weighted by Crippen LogP contribution is -2.12. The first kappa shape index (κ1) is 14.1. The van der Waals surface area contributed by atoms with Gasteiger partial charge in [0.05, 0.1) is 0 Å². The minimum Gasteiger partial charge on any atom is -0.360 e. The Morgan fingerprint density at radius 1 is 1.52 bits per heavy atom. The third-order valence-corrected chi connectivity index (χ3v) is 4.29. The molecular formula is C13H17N5O2S. The predicted molar refractivity (Wildman–Crippen MR) is 78.2 cm³/mol. The van der Waals surface area contributed by atoms with Gasteiger partial charge in [-0.05, 0) is 19.8 Å². The van der Waals surface area contributed by atoms with E-state index < -0.39 is 0 Å². The molecule has 1 saturated carbocycles. The van der Waals surface area contributed by atoms with E-state index in [-0.39, 0.29) is 5.91 Å². The monoisotopic (exact) mass is 307 g/mol. The van der Waals surface area contributed by atoms with E-state index >= 15 is 0 Å². The quantitative estimate of drug-likeness (QED) is 0.823. The van der Waals surface area contributed by atoms with E-state index in [9.17, 15) is 4.79 Å². The standard InChI is InChI=1S/C13H17N5O2S/c1-8-7-10(17-20-8)14-11(19)5-6-21-13-16-15-12(18(13)2)9-3-4-9/h7,9H,3-6H2,1-2H3,(H,14,17,19). The molecule has 112 valence electrons. The molecule has 0 spiro atoms. The highest BCUT2D eigenvalue weighted by Gasteiger charge is 2.29. The molecule has 0 saturated heterocycles. The first-order valence-electron chi connectivity index (χ1n) is 6.88. The number of nitrogens with one attached hydrogen (secondary N) is 1. The Hall–Kier alpha value is -1.83. The molecule has 2 aromatic rings. The minimum absolute atomic E-state index is 0.0830. The normalized spacial score (nSPS) is 14.4. The third kappa shape index (κ3) is 3.44. The maximum Gasteiger partial charge on any atom is 0.226 e. The van der Waals surface area contributed by atoms with Gasteiger partial charge in [-0.25, -0.2) is 0 Å². The van der Waals surface area contributed by atoms with Gasteiger partial charge in [0.2, 0.25) is 5.91 Å². The van der Waals surface area contributed by atoms with Crippen LogP contribution in [0.5, 0.6) is 0 Å². The van der Waals surface area contributed by atoms with Crippen molar-refractivity contribution in [3.8, 4) is 0 Å². The van der Waals surface area contributed by atoms with Crippen molar-refractivity contribution in [1.29, 1.82) is 0 Å². The van der Waals surface area contributed by atoms with E-state index in [2.05, 4.69) is 20.7 Å². The summed E-state index contributed by atoms with van der Waals surface area (Å²) >= 11 is 1.54. The van der Waals surface area contributed by atoms with Crippen LogP contribution in [0.1, 0.15) is 36.8 Å². The van der Waals surface area contributed by atoms with E-state index in [1.165, 1.54) is 12.8 Å². The summed E-state index contributed by atoms with van der Waals surface area (Å²) in [5.41, 5.74) is 0. The molecule has 0 radical (unpaired) electrons. The number of aromatic nitrogens is 4. The first-order chi connectivity index (χ1) is 10.1. The minimum atomic E-state index is -0.0830. The molecule has 21 heavy (non-hydrogen) atoms. The number of hydrogen-bond acceptors (Lipinski definition) is 6. The van der Waals surface area contributed by atoms with Crippen molar-refractivity contribution in [2.24, 2.45) is 7.05 Å². The maximum atomic E-state index is 11.8. The van der Waals surface area contributed by atoms with Gasteiger partial charge in [0.25, 0.3) is 0 Å². The molecule has 2 aromatic heterocycles. The molecule has 7 nitrogen and oxygen atoms in total. The fourth-order valence-corrected chi connectivity index (χ4v) is 2.87. The number of anilines is 1. The highest BCUT2D eigenvalue weighted by molar-refractivity contribution is 7.99. The summed E-state index contributed by atoms with van der Waals surface area (Å²) in [5.74, 6) is 3.33. The summed E-state index contributed by atoms with van der Waals surface area (Å²) in [4.78, 5) is 11.8. The molecule has 0 atom stereocenters. The lowest BCUT2D eigenvalue weighted by Gasteiger charge is -2.03. The number of rotatable bonds is 6. The largest absolute Gasteiger partial charge is 0.360 e. The Balaban J connectivity index is 1.46. The lowest BCUT2D eigenvalue weighted by atomic mass is 10.4. The number of aryl methyl sites for hydroxylation is 1. The van der Waals surface area contributed by atoms with Crippen molar-refractivity contribution in [2.75, 3.05) is 11.1 Å². The van der Waals surface area contributed by atoms with Crippen LogP contribution in [0.2, 0.25) is 0 Å². The molecule has 1 amide bonds. The van der Waals surface area contributed by atoms with Gasteiger partial charge in [0.15, 0.2) is 11.0 Å². The Labute approximate surface area is 126 Å². The molecule has 3 rings (SSSR count). The molecule has 8 heteroatoms. The van der Waals surface area contributed by atoms with Crippen LogP contribution < -0.4 is 5.32 Å². The first-order valence-corrected chi connectivity index (χ1v) is 7.87. The van der Waals surface area contributed by atoms with E-state index in [4.69, 9.17) is 4.52 Å². The number of thioether (sulfide) groups is 1. The highest BCUT2D eigenvalue weighted by atomic mass is 32.2. The van der Waals surface area contributed by atoms with Gasteiger partial charge in [-0.2, -0.15) is 0 Å². The molecule has 1 N–H and O–H groups in total. The van der Waals surface area contributed by atoms with Crippen LogP contribution >= 0.6 is 11.8 Å². The van der Waals surface area contributed by atoms with Gasteiger partial charge >= 0.3 is 0 Å². The molecule has 2 heterocycles. The molecule has 0 aliphatic heterocycles. The van der Waals surface area contributed by atoms with Crippen LogP contribution in [0, 0.1) is 6.92 Å². The zero-order valence-corrected chi connectivity index (χ0v) is 12.8. The second kappa shape index (κ2) is 5.88. The van der Waals surface area contributed by atoms with E-state index in [0.29, 0.717) is 29.7 Å². The number of hydrogen-bond donors (Lipinski definition) is 1. The van der Waals surface area contributed by atoms with E-state index in [1.54, 1.807) is 24.8 Å². The van der Waals surface area contributed by atoms with Gasteiger partial charge in [0, 0.05) is 31.2 Å². The molecule has 0 bridgehead atoms. The summed E-state index contributed by atoms with van der Waals surface area (Å²) in [7, 11) is 1.98. The number of carbonyl (C=O) groups is 1. The Kier molecular flexibility index (Phi) is 3.96. The predicted octanol–water partition coefficient (Wildman–Crippen LogP) is 2.11. The average Bonchev–Trinajstić information content (AvgIpc) is 3.11. The topological polar surface area (TPSA) is 85.8 Å². The summed E-state index contributed by atoms with van der Waals surface area (Å²) in [6, 6.07) is 1.69. The van der Waals surface area contributed by atoms with Crippen molar-refractivity contribution < 1.29 is 9.32 Å². The van der Waals surface area contributed by atoms with Crippen molar-refractivity contribution in [3.63, 3.8) is 0 Å². The van der Waals surface area contributed by atoms with E-state index in [1.807, 2.05) is 11.6 Å². The van der Waals surface area contributed by atoms with Gasteiger partial charge in [-0.1, -0.05) is 16.9 Å². The van der Waals surface area contributed by atoms with Gasteiger partial charge in [-0.15, -0.1) is 10.2 Å². The second-order valence-corrected chi connectivity index (χ2v) is 6.21. The smallest absolute Gasteiger partial charge is 0.226 e. The van der Waals surface area contributed by atoms with Crippen molar-refractivity contribution >= 4 is 23.5 Å². The Morgan fingerprint density at radius 2 is 2.33 bits per heavy atom. The zero-order chi connectivity index (χ0) is 14.8. The highest BCUT2D eigenvalue weighted by Crippen LogP contribution is 2.39. The van der Waals surface area contributed by atoms with Crippen LogP contribution in [-0.2, 0) is 11.8 Å². The SMILES string of the molecule is Cc1cc(NC(=O)CCSc2nnc(C3CC3)n2C)no1. The Morgan fingerprint density at radius 3 is 3.00 bits per heavy atom. The lowest BCUT2D eigenvalue weighted by molar-refractivity contribution is -0.115.